The first-order chi connectivity index (χ1) is 12.1. The Morgan fingerprint density at radius 2 is 1.77 bits per heavy atom. The van der Waals surface area contributed by atoms with Gasteiger partial charge in [-0.15, -0.1) is 12.4 Å². The second-order valence-corrected chi connectivity index (χ2v) is 6.25. The standard InChI is InChI=1S/C18H17N3O3S.ClH/c1-24-14-8-6-13(7-9-14)17-20-16(21-25-17)12-4-2-11(3-5-12)10-15(19)18(22)23;/h2-9,15H,10,19H2,1H3,(H,22,23);1H/t15-;/m0./s1. The van der Waals surface area contributed by atoms with Crippen molar-refractivity contribution in [3.8, 4) is 27.7 Å². The van der Waals surface area contributed by atoms with Crippen molar-refractivity contribution in [3.63, 3.8) is 0 Å². The molecule has 3 aromatic rings. The first kappa shape index (κ1) is 19.8. The lowest BCUT2D eigenvalue weighted by Gasteiger charge is -2.06. The number of hydrogen-bond donors (Lipinski definition) is 2. The quantitative estimate of drug-likeness (QED) is 0.669. The molecule has 136 valence electrons. The molecule has 1 aromatic heterocycles. The Hall–Kier alpha value is -2.48. The number of methoxy groups -OCH3 is 1. The van der Waals surface area contributed by atoms with Gasteiger partial charge in [0.2, 0.25) is 0 Å². The summed E-state index contributed by atoms with van der Waals surface area (Å²) in [6.45, 7) is 0. The molecule has 3 rings (SSSR count). The number of benzene rings is 2. The molecule has 0 amide bonds. The summed E-state index contributed by atoms with van der Waals surface area (Å²) >= 11 is 1.33. The fourth-order valence-corrected chi connectivity index (χ4v) is 3.01. The summed E-state index contributed by atoms with van der Waals surface area (Å²) in [5.74, 6) is 0.433. The number of ether oxygens (including phenoxy) is 1. The molecule has 0 aliphatic carbocycles. The molecule has 0 radical (unpaired) electrons. The average Bonchev–Trinajstić information content (AvgIpc) is 3.12. The molecular weight excluding hydrogens is 374 g/mol. The van der Waals surface area contributed by atoms with Crippen molar-refractivity contribution in [1.29, 1.82) is 0 Å². The molecule has 0 spiro atoms. The van der Waals surface area contributed by atoms with Crippen LogP contribution in [0.5, 0.6) is 5.75 Å². The van der Waals surface area contributed by atoms with Crippen LogP contribution in [-0.4, -0.2) is 33.6 Å². The number of aliphatic carboxylic acids is 1. The van der Waals surface area contributed by atoms with Gasteiger partial charge < -0.3 is 15.6 Å². The molecule has 0 aliphatic heterocycles. The minimum atomic E-state index is -1.01. The lowest BCUT2D eigenvalue weighted by atomic mass is 10.0. The Morgan fingerprint density at radius 3 is 2.35 bits per heavy atom. The van der Waals surface area contributed by atoms with E-state index in [-0.39, 0.29) is 18.8 Å². The summed E-state index contributed by atoms with van der Waals surface area (Å²) in [6.07, 6.45) is 0.289. The molecule has 0 unspecified atom stereocenters. The summed E-state index contributed by atoms with van der Waals surface area (Å²) in [6, 6.07) is 14.2. The largest absolute Gasteiger partial charge is 0.497 e. The van der Waals surface area contributed by atoms with Crippen LogP contribution in [0, 0.1) is 0 Å². The van der Waals surface area contributed by atoms with E-state index in [0.29, 0.717) is 5.82 Å². The molecule has 0 bridgehead atoms. The number of rotatable bonds is 6. The SMILES string of the molecule is COc1ccc(-c2nc(-c3ccc(C[C@H](N)C(=O)O)cc3)ns2)cc1.Cl. The molecule has 3 N–H and O–H groups in total. The third-order valence-corrected chi connectivity index (χ3v) is 4.51. The van der Waals surface area contributed by atoms with Crippen LogP contribution in [0.25, 0.3) is 22.0 Å². The summed E-state index contributed by atoms with van der Waals surface area (Å²) < 4.78 is 9.56. The summed E-state index contributed by atoms with van der Waals surface area (Å²) in [5.41, 5.74) is 8.28. The van der Waals surface area contributed by atoms with Gasteiger partial charge in [-0.1, -0.05) is 24.3 Å². The average molecular weight is 392 g/mol. The van der Waals surface area contributed by atoms with Crippen LogP contribution in [0.4, 0.5) is 0 Å². The van der Waals surface area contributed by atoms with E-state index in [1.54, 1.807) is 7.11 Å². The second kappa shape index (κ2) is 8.75. The lowest BCUT2D eigenvalue weighted by Crippen LogP contribution is -2.32. The minimum Gasteiger partial charge on any atom is -0.497 e. The highest BCUT2D eigenvalue weighted by atomic mass is 35.5. The van der Waals surface area contributed by atoms with Gasteiger partial charge in [0.1, 0.15) is 16.8 Å². The highest BCUT2D eigenvalue weighted by Crippen LogP contribution is 2.27. The zero-order valence-corrected chi connectivity index (χ0v) is 15.6. The molecule has 8 heteroatoms. The maximum atomic E-state index is 10.8. The minimum absolute atomic E-state index is 0. The van der Waals surface area contributed by atoms with E-state index in [2.05, 4.69) is 9.36 Å². The van der Waals surface area contributed by atoms with E-state index in [9.17, 15) is 4.79 Å². The lowest BCUT2D eigenvalue weighted by molar-refractivity contribution is -0.138. The molecular formula is C18H18ClN3O3S. The zero-order valence-electron chi connectivity index (χ0n) is 14.0. The third kappa shape index (κ3) is 4.57. The van der Waals surface area contributed by atoms with Gasteiger partial charge in [0.15, 0.2) is 5.82 Å². The predicted octanol–water partition coefficient (Wildman–Crippen LogP) is 3.26. The smallest absolute Gasteiger partial charge is 0.320 e. The Bertz CT molecular complexity index is 866. The van der Waals surface area contributed by atoms with Crippen LogP contribution in [0.1, 0.15) is 5.56 Å². The number of carboxylic acid groups (broad SMARTS) is 1. The van der Waals surface area contributed by atoms with Gasteiger partial charge in [-0.05, 0) is 47.8 Å². The molecule has 1 heterocycles. The highest BCUT2D eigenvalue weighted by molar-refractivity contribution is 7.09. The Morgan fingerprint density at radius 1 is 1.15 bits per heavy atom. The van der Waals surface area contributed by atoms with Crippen molar-refractivity contribution >= 4 is 29.9 Å². The molecule has 2 aromatic carbocycles. The number of hydrogen-bond acceptors (Lipinski definition) is 6. The van der Waals surface area contributed by atoms with E-state index in [4.69, 9.17) is 15.6 Å². The van der Waals surface area contributed by atoms with Crippen molar-refractivity contribution in [2.24, 2.45) is 5.73 Å². The molecule has 1 atom stereocenters. The van der Waals surface area contributed by atoms with Crippen LogP contribution in [0.3, 0.4) is 0 Å². The van der Waals surface area contributed by atoms with Crippen molar-refractivity contribution in [3.05, 3.63) is 54.1 Å². The summed E-state index contributed by atoms with van der Waals surface area (Å²) in [4.78, 5) is 15.4. The van der Waals surface area contributed by atoms with Gasteiger partial charge in [0.25, 0.3) is 0 Å². The molecule has 0 aliphatic rings. The van der Waals surface area contributed by atoms with Crippen LogP contribution in [0.2, 0.25) is 0 Å². The van der Waals surface area contributed by atoms with Crippen molar-refractivity contribution < 1.29 is 14.6 Å². The third-order valence-electron chi connectivity index (χ3n) is 3.75. The molecule has 0 saturated heterocycles. The Kier molecular flexibility index (Phi) is 6.68. The van der Waals surface area contributed by atoms with Gasteiger partial charge in [-0.3, -0.25) is 4.79 Å². The molecule has 0 fully saturated rings. The molecule has 26 heavy (non-hydrogen) atoms. The van der Waals surface area contributed by atoms with Gasteiger partial charge in [0, 0.05) is 11.1 Å². The maximum Gasteiger partial charge on any atom is 0.320 e. The topological polar surface area (TPSA) is 98.3 Å². The van der Waals surface area contributed by atoms with Crippen molar-refractivity contribution in [2.45, 2.75) is 12.5 Å². The van der Waals surface area contributed by atoms with Crippen LogP contribution >= 0.6 is 23.9 Å². The fourth-order valence-electron chi connectivity index (χ4n) is 2.32. The maximum absolute atomic E-state index is 10.8. The highest BCUT2D eigenvalue weighted by Gasteiger charge is 2.13. The first-order valence-electron chi connectivity index (χ1n) is 7.62. The fraction of sp³-hybridized carbons (Fsp3) is 0.167. The van der Waals surface area contributed by atoms with E-state index < -0.39 is 12.0 Å². The number of carbonyl (C=O) groups is 1. The van der Waals surface area contributed by atoms with Crippen LogP contribution in [0.15, 0.2) is 48.5 Å². The Balaban J connectivity index is 0.00000243. The molecule has 6 nitrogen and oxygen atoms in total. The van der Waals surface area contributed by atoms with E-state index in [1.807, 2.05) is 48.5 Å². The number of carboxylic acids is 1. The van der Waals surface area contributed by atoms with Gasteiger partial charge >= 0.3 is 5.97 Å². The Labute approximate surface area is 161 Å². The van der Waals surface area contributed by atoms with E-state index in [1.165, 1.54) is 11.5 Å². The van der Waals surface area contributed by atoms with Crippen LogP contribution < -0.4 is 10.5 Å². The van der Waals surface area contributed by atoms with Gasteiger partial charge in [0.05, 0.1) is 7.11 Å². The summed E-state index contributed by atoms with van der Waals surface area (Å²) in [7, 11) is 1.63. The van der Waals surface area contributed by atoms with Gasteiger partial charge in [-0.25, -0.2) is 4.98 Å². The summed E-state index contributed by atoms with van der Waals surface area (Å²) in [5, 5.41) is 9.70. The number of nitrogens with zero attached hydrogens (tertiary/aromatic N) is 2. The predicted molar refractivity (Wildman–Crippen MR) is 104 cm³/mol. The normalized spacial score (nSPS) is 11.5. The first-order valence-corrected chi connectivity index (χ1v) is 8.40. The van der Waals surface area contributed by atoms with Crippen LogP contribution in [-0.2, 0) is 11.2 Å². The number of aromatic nitrogens is 2. The van der Waals surface area contributed by atoms with Gasteiger partial charge in [-0.2, -0.15) is 4.37 Å². The second-order valence-electron chi connectivity index (χ2n) is 5.50. The zero-order chi connectivity index (χ0) is 17.8. The van der Waals surface area contributed by atoms with Crippen molar-refractivity contribution in [2.75, 3.05) is 7.11 Å². The number of nitrogens with two attached hydrogens (primary N) is 1. The van der Waals surface area contributed by atoms with E-state index in [0.717, 1.165) is 27.4 Å². The molecule has 0 saturated carbocycles. The monoisotopic (exact) mass is 391 g/mol. The van der Waals surface area contributed by atoms with E-state index >= 15 is 0 Å². The van der Waals surface area contributed by atoms with Crippen molar-refractivity contribution in [1.82, 2.24) is 9.36 Å². The number of halogens is 1.